The Kier molecular flexibility index (Phi) is 6.35. The first-order valence-electron chi connectivity index (χ1n) is 14.2. The van der Waals surface area contributed by atoms with E-state index in [0.717, 1.165) is 13.1 Å². The maximum absolute atomic E-state index is 2.49. The predicted octanol–water partition coefficient (Wildman–Crippen LogP) is 7.92. The highest BCUT2D eigenvalue weighted by Crippen LogP contribution is 2.41. The van der Waals surface area contributed by atoms with Gasteiger partial charge in [-0.3, -0.25) is 0 Å². The molecule has 36 heavy (non-hydrogen) atoms. The summed E-state index contributed by atoms with van der Waals surface area (Å²) >= 11 is 0. The lowest BCUT2D eigenvalue weighted by molar-refractivity contribution is -0.927. The van der Waals surface area contributed by atoms with E-state index in [-0.39, 0.29) is 0 Å². The van der Waals surface area contributed by atoms with Crippen LogP contribution in [0.25, 0.3) is 32.7 Å². The molecule has 2 fully saturated rings. The van der Waals surface area contributed by atoms with Crippen molar-refractivity contribution in [2.45, 2.75) is 51.6 Å². The van der Waals surface area contributed by atoms with Gasteiger partial charge in [0.1, 0.15) is 13.1 Å². The van der Waals surface area contributed by atoms with E-state index in [1.165, 1.54) is 117 Å². The van der Waals surface area contributed by atoms with Gasteiger partial charge >= 0.3 is 0 Å². The molecule has 0 amide bonds. The van der Waals surface area contributed by atoms with Gasteiger partial charge in [-0.1, -0.05) is 72.8 Å². The molecule has 0 radical (unpaired) electrons. The molecule has 0 aliphatic carbocycles. The number of hydrogen-bond donors (Lipinski definition) is 0. The Morgan fingerprint density at radius 1 is 0.472 bits per heavy atom. The van der Waals surface area contributed by atoms with E-state index in [2.05, 4.69) is 86.9 Å². The Balaban J connectivity index is 1.59. The SMILES string of the molecule is C[N+]1(Cc2ccc3ccccc3c2-c2c(C[N+]3(C)CCCCC3)ccc3ccccc23)CCCCC1. The normalized spacial score (nSPS) is 19.5. The van der Waals surface area contributed by atoms with Gasteiger partial charge in [0.15, 0.2) is 0 Å². The maximum Gasteiger partial charge on any atom is 0.105 e. The fourth-order valence-electron chi connectivity index (χ4n) is 7.18. The van der Waals surface area contributed by atoms with Crippen LogP contribution >= 0.6 is 0 Å². The highest BCUT2D eigenvalue weighted by Gasteiger charge is 2.30. The molecule has 2 saturated heterocycles. The van der Waals surface area contributed by atoms with Gasteiger partial charge in [0.05, 0.1) is 40.3 Å². The first-order chi connectivity index (χ1) is 17.5. The summed E-state index contributed by atoms with van der Waals surface area (Å²) in [5.41, 5.74) is 6.04. The van der Waals surface area contributed by atoms with Gasteiger partial charge < -0.3 is 8.97 Å². The molecule has 0 spiro atoms. The second kappa shape index (κ2) is 9.65. The number of fused-ring (bicyclic) bond motifs is 2. The molecule has 4 aromatic rings. The van der Waals surface area contributed by atoms with Crippen LogP contribution in [0.3, 0.4) is 0 Å². The van der Waals surface area contributed by atoms with E-state index in [9.17, 15) is 0 Å². The van der Waals surface area contributed by atoms with E-state index < -0.39 is 0 Å². The smallest absolute Gasteiger partial charge is 0.105 e. The number of nitrogens with zero attached hydrogens (tertiary/aromatic N) is 2. The van der Waals surface area contributed by atoms with Crippen LogP contribution in [-0.4, -0.2) is 49.2 Å². The molecule has 4 aromatic carbocycles. The number of hydrogen-bond acceptors (Lipinski definition) is 0. The third-order valence-electron chi connectivity index (χ3n) is 9.18. The van der Waals surface area contributed by atoms with E-state index in [1.807, 2.05) is 0 Å². The summed E-state index contributed by atoms with van der Waals surface area (Å²) in [5.74, 6) is 0. The van der Waals surface area contributed by atoms with Gasteiger partial charge in [-0.2, -0.15) is 0 Å². The van der Waals surface area contributed by atoms with Gasteiger partial charge in [0, 0.05) is 11.1 Å². The minimum atomic E-state index is 1.12. The maximum atomic E-state index is 2.49. The number of likely N-dealkylation sites (tertiary alicyclic amines) is 2. The molecule has 0 unspecified atom stereocenters. The van der Waals surface area contributed by atoms with Gasteiger partial charge in [-0.05, 0) is 71.2 Å². The van der Waals surface area contributed by atoms with Crippen molar-refractivity contribution in [1.82, 2.24) is 0 Å². The Bertz CT molecular complexity index is 1270. The Hall–Kier alpha value is -2.68. The van der Waals surface area contributed by atoms with Crippen molar-refractivity contribution in [2.75, 3.05) is 40.3 Å². The van der Waals surface area contributed by atoms with Crippen LogP contribution in [0.2, 0.25) is 0 Å². The molecular formula is C34H42N2+2. The van der Waals surface area contributed by atoms with E-state index in [4.69, 9.17) is 0 Å². The van der Waals surface area contributed by atoms with Crippen molar-refractivity contribution >= 4 is 21.5 Å². The zero-order chi connectivity index (χ0) is 24.6. The molecule has 2 heterocycles. The summed E-state index contributed by atoms with van der Waals surface area (Å²) in [5, 5.41) is 5.54. The van der Waals surface area contributed by atoms with Crippen LogP contribution in [0, 0.1) is 0 Å². The summed E-state index contributed by atoms with van der Waals surface area (Å²) in [4.78, 5) is 0. The van der Waals surface area contributed by atoms with Gasteiger partial charge in [0.2, 0.25) is 0 Å². The quantitative estimate of drug-likeness (QED) is 0.256. The van der Waals surface area contributed by atoms with Crippen molar-refractivity contribution in [3.63, 3.8) is 0 Å². The van der Waals surface area contributed by atoms with Gasteiger partial charge in [0.25, 0.3) is 0 Å². The van der Waals surface area contributed by atoms with E-state index in [1.54, 1.807) is 0 Å². The number of benzene rings is 4. The van der Waals surface area contributed by atoms with Crippen LogP contribution in [0.15, 0.2) is 72.8 Å². The highest BCUT2D eigenvalue weighted by molar-refractivity contribution is 6.07. The zero-order valence-electron chi connectivity index (χ0n) is 22.3. The molecule has 2 heteroatoms. The van der Waals surface area contributed by atoms with Gasteiger partial charge in [-0.15, -0.1) is 0 Å². The summed E-state index contributed by atoms with van der Waals surface area (Å²) in [7, 11) is 4.98. The molecule has 0 N–H and O–H groups in total. The van der Waals surface area contributed by atoms with Crippen molar-refractivity contribution in [2.24, 2.45) is 0 Å². The molecule has 6 rings (SSSR count). The predicted molar refractivity (Wildman–Crippen MR) is 154 cm³/mol. The summed E-state index contributed by atoms with van der Waals surface area (Å²) in [6.07, 6.45) is 8.21. The summed E-state index contributed by atoms with van der Waals surface area (Å²) in [6.45, 7) is 7.42. The molecule has 2 aliphatic rings. The molecule has 0 bridgehead atoms. The van der Waals surface area contributed by atoms with Crippen LogP contribution < -0.4 is 0 Å². The van der Waals surface area contributed by atoms with Crippen LogP contribution in [0.5, 0.6) is 0 Å². The van der Waals surface area contributed by atoms with E-state index >= 15 is 0 Å². The van der Waals surface area contributed by atoms with Crippen LogP contribution in [0.1, 0.15) is 49.7 Å². The molecule has 186 valence electrons. The highest BCUT2D eigenvalue weighted by atomic mass is 15.3. The topological polar surface area (TPSA) is 0 Å². The summed E-state index contributed by atoms with van der Waals surface area (Å²) in [6, 6.07) is 27.8. The first-order valence-corrected chi connectivity index (χ1v) is 14.2. The largest absolute Gasteiger partial charge is 0.322 e. The number of piperidine rings is 2. The number of quaternary nitrogens is 2. The minimum absolute atomic E-state index is 1.12. The standard InChI is InChI=1S/C34H42N2/c1-35(21-9-3-10-22-35)25-29-19-17-27-13-5-7-15-31(27)33(29)34-30(26-36(2)23-11-4-12-24-36)20-18-28-14-6-8-16-32(28)34/h5-8,13-20H,3-4,9-12,21-26H2,1-2H3/q+2. The van der Waals surface area contributed by atoms with Crippen molar-refractivity contribution in [1.29, 1.82) is 0 Å². The zero-order valence-corrected chi connectivity index (χ0v) is 22.3. The van der Waals surface area contributed by atoms with Crippen LogP contribution in [0.4, 0.5) is 0 Å². The third kappa shape index (κ3) is 4.58. The molecule has 0 atom stereocenters. The first kappa shape index (κ1) is 23.7. The summed E-state index contributed by atoms with van der Waals surface area (Å²) < 4.78 is 2.33. The van der Waals surface area contributed by atoms with Crippen molar-refractivity contribution < 1.29 is 8.97 Å². The molecule has 0 saturated carbocycles. The average Bonchev–Trinajstić information content (AvgIpc) is 2.89. The fourth-order valence-corrected chi connectivity index (χ4v) is 7.18. The fraction of sp³-hybridized carbons (Fsp3) is 0.412. The lowest BCUT2D eigenvalue weighted by Crippen LogP contribution is -2.47. The number of rotatable bonds is 5. The Labute approximate surface area is 217 Å². The second-order valence-electron chi connectivity index (χ2n) is 12.2. The monoisotopic (exact) mass is 478 g/mol. The molecule has 2 nitrogen and oxygen atoms in total. The molecule has 0 aromatic heterocycles. The second-order valence-corrected chi connectivity index (χ2v) is 12.2. The Morgan fingerprint density at radius 2 is 0.861 bits per heavy atom. The van der Waals surface area contributed by atoms with E-state index in [0.29, 0.717) is 0 Å². The molecule has 2 aliphatic heterocycles. The lowest BCUT2D eigenvalue weighted by Gasteiger charge is -2.39. The van der Waals surface area contributed by atoms with Crippen molar-refractivity contribution in [3.05, 3.63) is 83.9 Å². The third-order valence-corrected chi connectivity index (χ3v) is 9.18. The average molecular weight is 479 g/mol. The van der Waals surface area contributed by atoms with Crippen LogP contribution in [-0.2, 0) is 13.1 Å². The Morgan fingerprint density at radius 3 is 1.28 bits per heavy atom. The minimum Gasteiger partial charge on any atom is -0.322 e. The lowest BCUT2D eigenvalue weighted by atomic mass is 9.86. The molecular weight excluding hydrogens is 436 g/mol. The van der Waals surface area contributed by atoms with Gasteiger partial charge in [-0.25, -0.2) is 0 Å². The van der Waals surface area contributed by atoms with Crippen molar-refractivity contribution in [3.8, 4) is 11.1 Å².